The lowest BCUT2D eigenvalue weighted by Gasteiger charge is -2.10. The first-order valence-electron chi connectivity index (χ1n) is 6.76. The van der Waals surface area contributed by atoms with Crippen LogP contribution < -0.4 is 4.74 Å². The van der Waals surface area contributed by atoms with Gasteiger partial charge in [0, 0.05) is 19.7 Å². The van der Waals surface area contributed by atoms with Crippen molar-refractivity contribution in [3.63, 3.8) is 0 Å². The van der Waals surface area contributed by atoms with Crippen molar-refractivity contribution in [1.82, 2.24) is 14.9 Å². The summed E-state index contributed by atoms with van der Waals surface area (Å²) in [4.78, 5) is 26.7. The molecule has 0 fully saturated rings. The molecule has 0 N–H and O–H groups in total. The van der Waals surface area contributed by atoms with Gasteiger partial charge in [0.2, 0.25) is 5.88 Å². The van der Waals surface area contributed by atoms with Gasteiger partial charge in [-0.1, -0.05) is 30.3 Å². The minimum Gasteiger partial charge on any atom is -0.480 e. The zero-order chi connectivity index (χ0) is 16.1. The molecule has 0 amide bonds. The summed E-state index contributed by atoms with van der Waals surface area (Å²) in [5, 5.41) is 0. The Labute approximate surface area is 129 Å². The molecule has 0 saturated heterocycles. The van der Waals surface area contributed by atoms with Gasteiger partial charge in [0.15, 0.2) is 17.4 Å². The van der Waals surface area contributed by atoms with Crippen LogP contribution in [-0.4, -0.2) is 48.2 Å². The summed E-state index contributed by atoms with van der Waals surface area (Å²) in [6.45, 7) is 1.44. The monoisotopic (exact) mass is 298 g/mol. The Balaban J connectivity index is 2.64. The number of carbonyl (C=O) groups excluding carboxylic acids is 1. The number of ether oxygens (including phenoxy) is 1. The molecule has 0 atom stereocenters. The fourth-order valence-electron chi connectivity index (χ4n) is 1.86. The van der Waals surface area contributed by atoms with E-state index >= 15 is 0 Å². The standard InChI is InChI=1S/C16H18N4O2/c1-11(21)13-15(17-10-20(2)3)18-14(19-16(13)22-4)12-8-6-5-7-9-12/h5-10H,1-4H3. The van der Waals surface area contributed by atoms with Crippen molar-refractivity contribution >= 4 is 17.9 Å². The van der Waals surface area contributed by atoms with Gasteiger partial charge in [-0.15, -0.1) is 0 Å². The van der Waals surface area contributed by atoms with Crippen molar-refractivity contribution in [3.05, 3.63) is 35.9 Å². The van der Waals surface area contributed by atoms with Crippen molar-refractivity contribution in [2.45, 2.75) is 6.92 Å². The first-order chi connectivity index (χ1) is 10.5. The molecule has 114 valence electrons. The van der Waals surface area contributed by atoms with Crippen molar-refractivity contribution in [3.8, 4) is 17.3 Å². The first-order valence-corrected chi connectivity index (χ1v) is 6.76. The molecular formula is C16H18N4O2. The van der Waals surface area contributed by atoms with Crippen LogP contribution >= 0.6 is 0 Å². The number of hydrogen-bond donors (Lipinski definition) is 0. The first kappa shape index (κ1) is 15.6. The van der Waals surface area contributed by atoms with Gasteiger partial charge in [-0.2, -0.15) is 4.98 Å². The Morgan fingerprint density at radius 3 is 2.45 bits per heavy atom. The summed E-state index contributed by atoms with van der Waals surface area (Å²) >= 11 is 0. The summed E-state index contributed by atoms with van der Waals surface area (Å²) in [7, 11) is 5.16. The molecule has 0 aliphatic rings. The third-order valence-electron chi connectivity index (χ3n) is 2.85. The Morgan fingerprint density at radius 2 is 1.91 bits per heavy atom. The van der Waals surface area contributed by atoms with E-state index in [1.165, 1.54) is 14.0 Å². The van der Waals surface area contributed by atoms with E-state index in [1.807, 2.05) is 44.4 Å². The van der Waals surface area contributed by atoms with Crippen molar-refractivity contribution < 1.29 is 9.53 Å². The van der Waals surface area contributed by atoms with E-state index in [1.54, 1.807) is 11.2 Å². The van der Waals surface area contributed by atoms with Crippen molar-refractivity contribution in [2.24, 2.45) is 4.99 Å². The van der Waals surface area contributed by atoms with Gasteiger partial charge in [0.25, 0.3) is 0 Å². The molecule has 0 unspecified atom stereocenters. The molecule has 2 rings (SSSR count). The summed E-state index contributed by atoms with van der Waals surface area (Å²) in [6.07, 6.45) is 1.59. The molecule has 1 heterocycles. The zero-order valence-electron chi connectivity index (χ0n) is 13.1. The van der Waals surface area contributed by atoms with Crippen LogP contribution in [-0.2, 0) is 0 Å². The zero-order valence-corrected chi connectivity index (χ0v) is 13.1. The number of rotatable bonds is 5. The molecule has 0 radical (unpaired) electrons. The van der Waals surface area contributed by atoms with E-state index in [4.69, 9.17) is 4.74 Å². The van der Waals surface area contributed by atoms with Crippen molar-refractivity contribution in [2.75, 3.05) is 21.2 Å². The lowest BCUT2D eigenvalue weighted by atomic mass is 10.1. The number of hydrogen-bond acceptors (Lipinski definition) is 5. The second kappa shape index (κ2) is 6.80. The molecule has 0 bridgehead atoms. The highest BCUT2D eigenvalue weighted by atomic mass is 16.5. The van der Waals surface area contributed by atoms with E-state index in [2.05, 4.69) is 15.0 Å². The topological polar surface area (TPSA) is 67.7 Å². The normalized spacial score (nSPS) is 10.7. The van der Waals surface area contributed by atoms with Gasteiger partial charge in [-0.3, -0.25) is 4.79 Å². The average molecular weight is 298 g/mol. The van der Waals surface area contributed by atoms with Gasteiger partial charge in [-0.25, -0.2) is 9.98 Å². The summed E-state index contributed by atoms with van der Waals surface area (Å²) < 4.78 is 5.26. The molecule has 22 heavy (non-hydrogen) atoms. The van der Waals surface area contributed by atoms with Crippen LogP contribution in [0.4, 0.5) is 5.82 Å². The number of aliphatic imine (C=N–C) groups is 1. The van der Waals surface area contributed by atoms with E-state index in [0.29, 0.717) is 11.6 Å². The van der Waals surface area contributed by atoms with Crippen LogP contribution in [0.3, 0.4) is 0 Å². The number of ketones is 1. The minimum atomic E-state index is -0.192. The quantitative estimate of drug-likeness (QED) is 0.482. The lowest BCUT2D eigenvalue weighted by molar-refractivity contribution is 0.101. The van der Waals surface area contributed by atoms with E-state index in [9.17, 15) is 4.79 Å². The van der Waals surface area contributed by atoms with Crippen LogP contribution in [0.5, 0.6) is 5.88 Å². The third kappa shape index (κ3) is 3.46. The molecule has 0 spiro atoms. The third-order valence-corrected chi connectivity index (χ3v) is 2.85. The molecule has 0 aliphatic heterocycles. The molecule has 1 aromatic carbocycles. The Morgan fingerprint density at radius 1 is 1.23 bits per heavy atom. The highest BCUT2D eigenvalue weighted by Crippen LogP contribution is 2.29. The van der Waals surface area contributed by atoms with Gasteiger partial charge in [0.1, 0.15) is 5.56 Å². The van der Waals surface area contributed by atoms with Crippen LogP contribution in [0.15, 0.2) is 35.3 Å². The van der Waals surface area contributed by atoms with E-state index in [-0.39, 0.29) is 17.2 Å². The van der Waals surface area contributed by atoms with Gasteiger partial charge in [-0.05, 0) is 6.92 Å². The Hall–Kier alpha value is -2.76. The maximum atomic E-state index is 11.9. The smallest absolute Gasteiger partial charge is 0.230 e. The Bertz CT molecular complexity index is 697. The summed E-state index contributed by atoms with van der Waals surface area (Å²) in [5.74, 6) is 0.801. The Kier molecular flexibility index (Phi) is 4.83. The number of methoxy groups -OCH3 is 1. The molecule has 0 aliphatic carbocycles. The second-order valence-electron chi connectivity index (χ2n) is 4.89. The summed E-state index contributed by atoms with van der Waals surface area (Å²) in [6, 6.07) is 9.48. The highest BCUT2D eigenvalue weighted by Gasteiger charge is 2.19. The maximum absolute atomic E-state index is 11.9. The van der Waals surface area contributed by atoms with Gasteiger partial charge < -0.3 is 9.64 Å². The van der Waals surface area contributed by atoms with Crippen molar-refractivity contribution in [1.29, 1.82) is 0 Å². The predicted octanol–water partition coefficient (Wildman–Crippen LogP) is 2.58. The fourth-order valence-corrected chi connectivity index (χ4v) is 1.86. The number of aromatic nitrogens is 2. The second-order valence-corrected chi connectivity index (χ2v) is 4.89. The SMILES string of the molecule is COc1nc(-c2ccccc2)nc(N=CN(C)C)c1C(C)=O. The average Bonchev–Trinajstić information content (AvgIpc) is 2.52. The fraction of sp³-hybridized carbons (Fsp3) is 0.250. The molecule has 2 aromatic rings. The van der Waals surface area contributed by atoms with Crippen LogP contribution in [0, 0.1) is 0 Å². The number of carbonyl (C=O) groups is 1. The predicted molar refractivity (Wildman–Crippen MR) is 85.9 cm³/mol. The van der Waals surface area contributed by atoms with Gasteiger partial charge >= 0.3 is 0 Å². The van der Waals surface area contributed by atoms with Crippen LogP contribution in [0.25, 0.3) is 11.4 Å². The van der Waals surface area contributed by atoms with Crippen LogP contribution in [0.1, 0.15) is 17.3 Å². The maximum Gasteiger partial charge on any atom is 0.230 e. The molecular weight excluding hydrogens is 280 g/mol. The molecule has 1 aromatic heterocycles. The number of Topliss-reactive ketones (excluding diaryl/α,β-unsaturated/α-hetero) is 1. The lowest BCUT2D eigenvalue weighted by Crippen LogP contribution is -2.09. The van der Waals surface area contributed by atoms with Crippen LogP contribution in [0.2, 0.25) is 0 Å². The largest absolute Gasteiger partial charge is 0.480 e. The van der Waals surface area contributed by atoms with E-state index in [0.717, 1.165) is 5.56 Å². The van der Waals surface area contributed by atoms with Gasteiger partial charge in [0.05, 0.1) is 13.4 Å². The molecule has 0 saturated carbocycles. The number of benzene rings is 1. The molecule has 6 heteroatoms. The minimum absolute atomic E-state index is 0.192. The summed E-state index contributed by atoms with van der Waals surface area (Å²) in [5.41, 5.74) is 1.11. The molecule has 6 nitrogen and oxygen atoms in total. The highest BCUT2D eigenvalue weighted by molar-refractivity contribution is 6.01. The number of nitrogens with zero attached hydrogens (tertiary/aromatic N) is 4. The van der Waals surface area contributed by atoms with E-state index < -0.39 is 0 Å².